The molecule has 1 heterocycles. The zero-order valence-corrected chi connectivity index (χ0v) is 18.4. The fourth-order valence-electron chi connectivity index (χ4n) is 4.52. The summed E-state index contributed by atoms with van der Waals surface area (Å²) in [6.07, 6.45) is 2.07. The van der Waals surface area contributed by atoms with Gasteiger partial charge in [-0.25, -0.2) is 5.48 Å². The molecule has 4 rings (SSSR count). The number of benzene rings is 3. The van der Waals surface area contributed by atoms with E-state index >= 15 is 0 Å². The molecule has 0 spiro atoms. The Kier molecular flexibility index (Phi) is 7.67. The number of amides is 1. The molecule has 1 fully saturated rings. The highest BCUT2D eigenvalue weighted by Crippen LogP contribution is 2.29. The van der Waals surface area contributed by atoms with Gasteiger partial charge in [0, 0.05) is 31.7 Å². The minimum Gasteiger partial charge on any atom is -0.301 e. The molecule has 0 saturated carbocycles. The van der Waals surface area contributed by atoms with E-state index in [0.29, 0.717) is 11.6 Å². The number of nitrogens with zero attached hydrogens (tertiary/aromatic N) is 2. The first-order valence-electron chi connectivity index (χ1n) is 11.3. The number of piperazine rings is 1. The number of nitrogens with one attached hydrogen (secondary N) is 1. The number of hydrogen-bond donors (Lipinski definition) is 2. The van der Waals surface area contributed by atoms with Crippen LogP contribution in [0, 0.1) is 0 Å². The fraction of sp³-hybridized carbons (Fsp3) is 0.296. The lowest BCUT2D eigenvalue weighted by Crippen LogP contribution is -2.48. The molecule has 3 aromatic rings. The Hall–Kier alpha value is -2.99. The van der Waals surface area contributed by atoms with Crippen LogP contribution in [0.3, 0.4) is 0 Å². The number of aryl methyl sites for hydroxylation is 1. The van der Waals surface area contributed by atoms with E-state index in [1.807, 2.05) is 12.1 Å². The Morgan fingerprint density at radius 2 is 1.38 bits per heavy atom. The van der Waals surface area contributed by atoms with Crippen LogP contribution in [0.15, 0.2) is 84.9 Å². The average Bonchev–Trinajstić information content (AvgIpc) is 2.86. The smallest absolute Gasteiger partial charge is 0.274 e. The van der Waals surface area contributed by atoms with Crippen molar-refractivity contribution in [1.82, 2.24) is 15.3 Å². The number of carbonyl (C=O) groups excluding carboxylic acids is 1. The van der Waals surface area contributed by atoms with Crippen LogP contribution in [0.4, 0.5) is 0 Å². The number of carbonyl (C=O) groups is 1. The molecular formula is C27H31N3O2. The van der Waals surface area contributed by atoms with Crippen LogP contribution in [0.25, 0.3) is 0 Å². The SMILES string of the molecule is O=C(NO)c1ccc(CCCN2CCN(C(c3ccccc3)c3ccccc3)CC2)cc1. The van der Waals surface area contributed by atoms with Gasteiger partial charge < -0.3 is 4.90 Å². The van der Waals surface area contributed by atoms with Crippen LogP contribution in [0.5, 0.6) is 0 Å². The number of rotatable bonds is 8. The molecule has 0 bridgehead atoms. The van der Waals surface area contributed by atoms with Gasteiger partial charge in [-0.1, -0.05) is 72.8 Å². The van der Waals surface area contributed by atoms with Crippen molar-refractivity contribution in [1.29, 1.82) is 0 Å². The van der Waals surface area contributed by atoms with Crippen molar-refractivity contribution in [3.8, 4) is 0 Å². The van der Waals surface area contributed by atoms with Gasteiger partial charge in [0.1, 0.15) is 0 Å². The predicted octanol–water partition coefficient (Wildman–Crippen LogP) is 4.15. The Morgan fingerprint density at radius 1 is 0.812 bits per heavy atom. The molecule has 1 amide bonds. The van der Waals surface area contributed by atoms with E-state index < -0.39 is 5.91 Å². The lowest BCUT2D eigenvalue weighted by Gasteiger charge is -2.39. The summed E-state index contributed by atoms with van der Waals surface area (Å²) in [5.74, 6) is -0.473. The molecule has 3 aromatic carbocycles. The molecule has 5 heteroatoms. The Balaban J connectivity index is 1.30. The van der Waals surface area contributed by atoms with Crippen LogP contribution in [-0.2, 0) is 6.42 Å². The quantitative estimate of drug-likeness (QED) is 0.417. The third-order valence-electron chi connectivity index (χ3n) is 6.26. The summed E-state index contributed by atoms with van der Waals surface area (Å²) in [5.41, 5.74) is 6.06. The monoisotopic (exact) mass is 429 g/mol. The molecule has 0 unspecified atom stereocenters. The van der Waals surface area contributed by atoms with Crippen molar-refractivity contribution in [3.05, 3.63) is 107 Å². The maximum atomic E-state index is 11.4. The minimum atomic E-state index is -0.473. The lowest BCUT2D eigenvalue weighted by atomic mass is 9.96. The summed E-state index contributed by atoms with van der Waals surface area (Å²) in [4.78, 5) is 16.6. The average molecular weight is 430 g/mol. The second kappa shape index (κ2) is 11.0. The summed E-state index contributed by atoms with van der Waals surface area (Å²) in [5, 5.41) is 8.72. The first kappa shape index (κ1) is 22.2. The van der Waals surface area contributed by atoms with E-state index in [9.17, 15) is 4.79 Å². The molecular weight excluding hydrogens is 398 g/mol. The number of hydrogen-bond acceptors (Lipinski definition) is 4. The van der Waals surface area contributed by atoms with Crippen molar-refractivity contribution < 1.29 is 10.0 Å². The van der Waals surface area contributed by atoms with Crippen LogP contribution >= 0.6 is 0 Å². The molecule has 0 radical (unpaired) electrons. The first-order valence-corrected chi connectivity index (χ1v) is 11.3. The van der Waals surface area contributed by atoms with Gasteiger partial charge in [-0.15, -0.1) is 0 Å². The summed E-state index contributed by atoms with van der Waals surface area (Å²) >= 11 is 0. The maximum Gasteiger partial charge on any atom is 0.274 e. The van der Waals surface area contributed by atoms with Crippen molar-refractivity contribution >= 4 is 5.91 Å². The van der Waals surface area contributed by atoms with E-state index in [0.717, 1.165) is 45.6 Å². The summed E-state index contributed by atoms with van der Waals surface area (Å²) < 4.78 is 0. The van der Waals surface area contributed by atoms with Crippen molar-refractivity contribution in [3.63, 3.8) is 0 Å². The van der Waals surface area contributed by atoms with Crippen LogP contribution in [0.1, 0.15) is 39.5 Å². The topological polar surface area (TPSA) is 55.8 Å². The van der Waals surface area contributed by atoms with Crippen molar-refractivity contribution in [2.45, 2.75) is 18.9 Å². The standard InChI is InChI=1S/C27H31N3O2/c31-27(28-32)25-15-13-22(14-16-25)8-7-17-29-18-20-30(21-19-29)26(23-9-3-1-4-10-23)24-11-5-2-6-12-24/h1-6,9-16,26,32H,7-8,17-21H2,(H,28,31). The largest absolute Gasteiger partial charge is 0.301 e. The van der Waals surface area contributed by atoms with E-state index in [1.54, 1.807) is 17.6 Å². The lowest BCUT2D eigenvalue weighted by molar-refractivity contribution is 0.0706. The fourth-order valence-corrected chi connectivity index (χ4v) is 4.52. The summed E-state index contributed by atoms with van der Waals surface area (Å²) in [7, 11) is 0. The highest BCUT2D eigenvalue weighted by molar-refractivity contribution is 5.93. The normalized spacial score (nSPS) is 15.1. The zero-order chi connectivity index (χ0) is 22.2. The molecule has 2 N–H and O–H groups in total. The summed E-state index contributed by atoms with van der Waals surface area (Å²) in [6, 6.07) is 29.4. The third-order valence-corrected chi connectivity index (χ3v) is 6.26. The highest BCUT2D eigenvalue weighted by atomic mass is 16.5. The van der Waals surface area contributed by atoms with Crippen molar-refractivity contribution in [2.75, 3.05) is 32.7 Å². The number of hydroxylamine groups is 1. The van der Waals surface area contributed by atoms with Crippen LogP contribution < -0.4 is 5.48 Å². The second-order valence-electron chi connectivity index (χ2n) is 8.34. The molecule has 5 nitrogen and oxygen atoms in total. The van der Waals surface area contributed by atoms with E-state index in [4.69, 9.17) is 5.21 Å². The van der Waals surface area contributed by atoms with Crippen LogP contribution in [0.2, 0.25) is 0 Å². The Morgan fingerprint density at radius 3 is 1.91 bits per heavy atom. The highest BCUT2D eigenvalue weighted by Gasteiger charge is 2.26. The van der Waals surface area contributed by atoms with Gasteiger partial charge in [-0.2, -0.15) is 0 Å². The van der Waals surface area contributed by atoms with Gasteiger partial charge in [0.15, 0.2) is 0 Å². The van der Waals surface area contributed by atoms with Gasteiger partial charge in [0.05, 0.1) is 6.04 Å². The van der Waals surface area contributed by atoms with Gasteiger partial charge in [-0.3, -0.25) is 14.9 Å². The van der Waals surface area contributed by atoms with Gasteiger partial charge in [0.2, 0.25) is 0 Å². The second-order valence-corrected chi connectivity index (χ2v) is 8.34. The van der Waals surface area contributed by atoms with Gasteiger partial charge in [-0.05, 0) is 48.2 Å². The first-order chi connectivity index (χ1) is 15.7. The van der Waals surface area contributed by atoms with Gasteiger partial charge >= 0.3 is 0 Å². The zero-order valence-electron chi connectivity index (χ0n) is 18.4. The molecule has 32 heavy (non-hydrogen) atoms. The molecule has 1 aliphatic rings. The minimum absolute atomic E-state index is 0.300. The predicted molar refractivity (Wildman–Crippen MR) is 127 cm³/mol. The van der Waals surface area contributed by atoms with E-state index in [-0.39, 0.29) is 0 Å². The molecule has 0 atom stereocenters. The maximum absolute atomic E-state index is 11.4. The third kappa shape index (κ3) is 5.62. The molecule has 0 aliphatic carbocycles. The van der Waals surface area contributed by atoms with E-state index in [1.165, 1.54) is 16.7 Å². The van der Waals surface area contributed by atoms with Crippen molar-refractivity contribution in [2.24, 2.45) is 0 Å². The van der Waals surface area contributed by atoms with Gasteiger partial charge in [0.25, 0.3) is 5.91 Å². The molecule has 1 aliphatic heterocycles. The molecule has 1 saturated heterocycles. The molecule has 0 aromatic heterocycles. The Labute approximate surface area is 190 Å². The molecule has 166 valence electrons. The summed E-state index contributed by atoms with van der Waals surface area (Å²) in [6.45, 7) is 5.34. The van der Waals surface area contributed by atoms with Crippen LogP contribution in [-0.4, -0.2) is 53.6 Å². The van der Waals surface area contributed by atoms with E-state index in [2.05, 4.69) is 70.5 Å². The Bertz CT molecular complexity index is 929.